The molecule has 1 aromatic rings. The molecule has 0 fully saturated rings. The van der Waals surface area contributed by atoms with Crippen molar-refractivity contribution in [3.63, 3.8) is 0 Å². The van der Waals surface area contributed by atoms with Gasteiger partial charge in [0.25, 0.3) is 0 Å². The second-order valence-corrected chi connectivity index (χ2v) is 8.65. The Morgan fingerprint density at radius 2 is 1.95 bits per heavy atom. The van der Waals surface area contributed by atoms with Crippen molar-refractivity contribution in [2.24, 2.45) is 11.1 Å². The van der Waals surface area contributed by atoms with Crippen molar-refractivity contribution >= 4 is 27.2 Å². The van der Waals surface area contributed by atoms with Crippen molar-refractivity contribution in [1.82, 2.24) is 4.31 Å². The molecule has 1 aromatic carbocycles. The van der Waals surface area contributed by atoms with E-state index in [2.05, 4.69) is 0 Å². The molecule has 112 valence electrons. The Bertz CT molecular complexity index is 589. The van der Waals surface area contributed by atoms with E-state index in [0.29, 0.717) is 11.5 Å². The van der Waals surface area contributed by atoms with Gasteiger partial charge in [-0.25, -0.2) is 12.7 Å². The molecule has 0 amide bonds. The standard InChI is InChI=1S/C14H22N2O2S2/c1-14(2,3)10-20(17,18)16(4)9-11-6-5-7-12(8-11)13(15)19/h5-8H,9-10H2,1-4H3,(H2,15,19). The van der Waals surface area contributed by atoms with E-state index in [0.717, 1.165) is 11.1 Å². The third-order valence-electron chi connectivity index (χ3n) is 2.71. The molecule has 0 aliphatic carbocycles. The Morgan fingerprint density at radius 3 is 2.45 bits per heavy atom. The van der Waals surface area contributed by atoms with E-state index in [9.17, 15) is 8.42 Å². The van der Waals surface area contributed by atoms with Crippen LogP contribution in [0.5, 0.6) is 0 Å². The second kappa shape index (κ2) is 6.20. The first-order valence-corrected chi connectivity index (χ1v) is 8.36. The number of nitrogens with two attached hydrogens (primary N) is 1. The maximum atomic E-state index is 12.2. The third kappa shape index (κ3) is 5.19. The Morgan fingerprint density at radius 1 is 1.35 bits per heavy atom. The average molecular weight is 314 g/mol. The molecular weight excluding hydrogens is 292 g/mol. The average Bonchev–Trinajstić information content (AvgIpc) is 2.26. The van der Waals surface area contributed by atoms with Crippen LogP contribution in [0.4, 0.5) is 0 Å². The van der Waals surface area contributed by atoms with Gasteiger partial charge in [-0.15, -0.1) is 0 Å². The number of nitrogens with zero attached hydrogens (tertiary/aromatic N) is 1. The zero-order valence-corrected chi connectivity index (χ0v) is 14.0. The molecule has 0 saturated carbocycles. The molecule has 0 spiro atoms. The van der Waals surface area contributed by atoms with Gasteiger partial charge < -0.3 is 5.73 Å². The van der Waals surface area contributed by atoms with E-state index in [-0.39, 0.29) is 11.2 Å². The summed E-state index contributed by atoms with van der Waals surface area (Å²) in [5.41, 5.74) is 6.93. The smallest absolute Gasteiger partial charge is 0.214 e. The lowest BCUT2D eigenvalue weighted by molar-refractivity contribution is 0.420. The van der Waals surface area contributed by atoms with Crippen LogP contribution in [0.3, 0.4) is 0 Å². The molecule has 1 rings (SSSR count). The van der Waals surface area contributed by atoms with Crippen LogP contribution in [0.1, 0.15) is 31.9 Å². The Balaban J connectivity index is 2.88. The summed E-state index contributed by atoms with van der Waals surface area (Å²) >= 11 is 4.93. The van der Waals surface area contributed by atoms with Crippen molar-refractivity contribution in [2.45, 2.75) is 27.3 Å². The molecule has 20 heavy (non-hydrogen) atoms. The maximum Gasteiger partial charge on any atom is 0.214 e. The molecule has 0 heterocycles. The number of hydrogen-bond acceptors (Lipinski definition) is 3. The molecule has 0 aromatic heterocycles. The van der Waals surface area contributed by atoms with Crippen LogP contribution in [0, 0.1) is 5.41 Å². The van der Waals surface area contributed by atoms with Gasteiger partial charge in [0.2, 0.25) is 10.0 Å². The second-order valence-electron chi connectivity index (χ2n) is 6.14. The van der Waals surface area contributed by atoms with E-state index in [4.69, 9.17) is 18.0 Å². The lowest BCUT2D eigenvalue weighted by Gasteiger charge is -2.24. The zero-order chi connectivity index (χ0) is 15.6. The van der Waals surface area contributed by atoms with Crippen LogP contribution < -0.4 is 5.73 Å². The highest BCUT2D eigenvalue weighted by atomic mass is 32.2. The van der Waals surface area contributed by atoms with Crippen molar-refractivity contribution in [2.75, 3.05) is 12.8 Å². The number of sulfonamides is 1. The molecule has 0 saturated heterocycles. The summed E-state index contributed by atoms with van der Waals surface area (Å²) in [5, 5.41) is 0. The predicted octanol–water partition coefficient (Wildman–Crippen LogP) is 2.13. The summed E-state index contributed by atoms with van der Waals surface area (Å²) in [4.78, 5) is 0.312. The van der Waals surface area contributed by atoms with Gasteiger partial charge in [-0.2, -0.15) is 0 Å². The monoisotopic (exact) mass is 314 g/mol. The van der Waals surface area contributed by atoms with Crippen LogP contribution in [0.25, 0.3) is 0 Å². The SMILES string of the molecule is CN(Cc1cccc(C(N)=S)c1)S(=O)(=O)CC(C)(C)C. The summed E-state index contributed by atoms with van der Waals surface area (Å²) in [6, 6.07) is 7.33. The highest BCUT2D eigenvalue weighted by Crippen LogP contribution is 2.19. The van der Waals surface area contributed by atoms with Crippen LogP contribution in [0.2, 0.25) is 0 Å². The maximum absolute atomic E-state index is 12.2. The molecule has 0 aliphatic heterocycles. The van der Waals surface area contributed by atoms with Crippen LogP contribution in [-0.4, -0.2) is 30.5 Å². The minimum atomic E-state index is -3.28. The molecule has 0 atom stereocenters. The fourth-order valence-electron chi connectivity index (χ4n) is 1.84. The third-order valence-corrected chi connectivity index (χ3v) is 5.25. The lowest BCUT2D eigenvalue weighted by Crippen LogP contribution is -2.33. The van der Waals surface area contributed by atoms with Gasteiger partial charge in [0, 0.05) is 19.2 Å². The summed E-state index contributed by atoms with van der Waals surface area (Å²) in [5.74, 6) is 0.117. The van der Waals surface area contributed by atoms with Crippen molar-refractivity contribution in [1.29, 1.82) is 0 Å². The van der Waals surface area contributed by atoms with Gasteiger partial charge >= 0.3 is 0 Å². The molecule has 2 N–H and O–H groups in total. The minimum Gasteiger partial charge on any atom is -0.389 e. The first-order valence-electron chi connectivity index (χ1n) is 6.34. The summed E-state index contributed by atoms with van der Waals surface area (Å²) < 4.78 is 25.9. The van der Waals surface area contributed by atoms with Gasteiger partial charge in [0.1, 0.15) is 4.99 Å². The summed E-state index contributed by atoms with van der Waals surface area (Å²) in [6.45, 7) is 6.04. The number of rotatable bonds is 5. The summed E-state index contributed by atoms with van der Waals surface area (Å²) in [7, 11) is -1.69. The van der Waals surface area contributed by atoms with Crippen LogP contribution in [-0.2, 0) is 16.6 Å². The molecule has 0 radical (unpaired) electrons. The molecule has 0 unspecified atom stereocenters. The van der Waals surface area contributed by atoms with Gasteiger partial charge in [-0.1, -0.05) is 51.2 Å². The fraction of sp³-hybridized carbons (Fsp3) is 0.500. The zero-order valence-electron chi connectivity index (χ0n) is 12.4. The van der Waals surface area contributed by atoms with Gasteiger partial charge in [0.05, 0.1) is 5.75 Å². The fourth-order valence-corrected chi connectivity index (χ4v) is 3.62. The highest BCUT2D eigenvalue weighted by Gasteiger charge is 2.25. The molecule has 6 heteroatoms. The quantitative estimate of drug-likeness (QED) is 0.846. The molecule has 0 bridgehead atoms. The van der Waals surface area contributed by atoms with Gasteiger partial charge in [-0.05, 0) is 17.0 Å². The highest BCUT2D eigenvalue weighted by molar-refractivity contribution is 7.89. The molecular formula is C14H22N2O2S2. The van der Waals surface area contributed by atoms with Gasteiger partial charge in [-0.3, -0.25) is 0 Å². The van der Waals surface area contributed by atoms with Crippen LogP contribution in [0.15, 0.2) is 24.3 Å². The predicted molar refractivity (Wildman–Crippen MR) is 87.0 cm³/mol. The minimum absolute atomic E-state index is 0.117. The van der Waals surface area contributed by atoms with E-state index >= 15 is 0 Å². The number of hydrogen-bond donors (Lipinski definition) is 1. The van der Waals surface area contributed by atoms with Crippen molar-refractivity contribution in [3.05, 3.63) is 35.4 Å². The Labute approximate surface area is 127 Å². The van der Waals surface area contributed by atoms with E-state index < -0.39 is 10.0 Å². The van der Waals surface area contributed by atoms with Crippen molar-refractivity contribution in [3.8, 4) is 0 Å². The number of benzene rings is 1. The molecule has 4 nitrogen and oxygen atoms in total. The molecule has 0 aliphatic rings. The normalized spacial score (nSPS) is 12.7. The largest absolute Gasteiger partial charge is 0.389 e. The van der Waals surface area contributed by atoms with E-state index in [1.165, 1.54) is 4.31 Å². The number of thiocarbonyl (C=S) groups is 1. The van der Waals surface area contributed by atoms with Crippen molar-refractivity contribution < 1.29 is 8.42 Å². The first-order chi connectivity index (χ1) is 9.01. The van der Waals surface area contributed by atoms with Crippen LogP contribution >= 0.6 is 12.2 Å². The lowest BCUT2D eigenvalue weighted by atomic mass is 10.0. The topological polar surface area (TPSA) is 63.4 Å². The van der Waals surface area contributed by atoms with Gasteiger partial charge in [0.15, 0.2) is 0 Å². The Kier molecular flexibility index (Phi) is 5.29. The first kappa shape index (κ1) is 17.1. The summed E-state index contributed by atoms with van der Waals surface area (Å²) in [6.07, 6.45) is 0. The van der Waals surface area contributed by atoms with E-state index in [1.54, 1.807) is 7.05 Å². The Hall–Kier alpha value is -0.980. The van der Waals surface area contributed by atoms with E-state index in [1.807, 2.05) is 45.0 Å².